The number of benzene rings is 1. The Labute approximate surface area is 187 Å². The number of anilines is 1. The molecule has 2 atom stereocenters. The minimum Gasteiger partial charge on any atom is -0.384 e. The second kappa shape index (κ2) is 10.7. The van der Waals surface area contributed by atoms with Gasteiger partial charge in [-0.25, -0.2) is 4.79 Å². The van der Waals surface area contributed by atoms with Crippen LogP contribution in [0.3, 0.4) is 0 Å². The number of carbonyl (C=O) groups excluding carboxylic acids is 1. The maximum absolute atomic E-state index is 13.3. The fourth-order valence-electron chi connectivity index (χ4n) is 4.35. The topological polar surface area (TPSA) is 123 Å². The third-order valence-corrected chi connectivity index (χ3v) is 6.03. The zero-order chi connectivity index (χ0) is 23.3. The monoisotopic (exact) mass is 443 g/mol. The lowest BCUT2D eigenvalue weighted by molar-refractivity contribution is 0.00938. The number of aromatic nitrogens is 2. The van der Waals surface area contributed by atoms with Crippen molar-refractivity contribution in [2.75, 3.05) is 25.4 Å². The maximum atomic E-state index is 13.3. The summed E-state index contributed by atoms with van der Waals surface area (Å²) in [6.07, 6.45) is 1.86. The largest absolute Gasteiger partial charge is 0.384 e. The summed E-state index contributed by atoms with van der Waals surface area (Å²) in [5.74, 6) is -0.550. The zero-order valence-electron chi connectivity index (χ0n) is 18.8. The van der Waals surface area contributed by atoms with Crippen LogP contribution in [0.4, 0.5) is 5.82 Å². The quantitative estimate of drug-likeness (QED) is 0.384. The summed E-state index contributed by atoms with van der Waals surface area (Å²) in [6.45, 7) is 5.11. The number of nitrogen functional groups attached to an aromatic ring is 1. The number of nitrogens with two attached hydrogens (primary N) is 1. The number of aliphatic hydroxyl groups excluding tert-OH is 1. The fraction of sp³-hybridized carbons (Fsp3) is 0.522. The van der Waals surface area contributed by atoms with E-state index in [0.717, 1.165) is 29.4 Å². The van der Waals surface area contributed by atoms with E-state index < -0.39 is 23.3 Å². The molecule has 0 spiro atoms. The van der Waals surface area contributed by atoms with Gasteiger partial charge in [0.1, 0.15) is 17.6 Å². The molecule has 0 radical (unpaired) electrons. The molecular formula is C23H33N5O4. The van der Waals surface area contributed by atoms with E-state index in [1.165, 1.54) is 4.57 Å². The number of piperidine rings is 1. The zero-order valence-corrected chi connectivity index (χ0v) is 18.8. The lowest BCUT2D eigenvalue weighted by Gasteiger charge is -2.38. The van der Waals surface area contributed by atoms with Gasteiger partial charge in [0.15, 0.2) is 5.78 Å². The molecule has 4 N–H and O–H groups in total. The SMILES string of the molecule is CCNC(O)C1CCCCN1CC(=O)c1c(N)n(Cc2ccccc2)c(=O)n(CC)c1=O. The number of likely N-dealkylation sites (tertiary alicyclic amines) is 1. The van der Waals surface area contributed by atoms with Gasteiger partial charge >= 0.3 is 5.69 Å². The number of aliphatic hydroxyl groups is 1. The maximum Gasteiger partial charge on any atom is 0.332 e. The van der Waals surface area contributed by atoms with Gasteiger partial charge in [0, 0.05) is 12.6 Å². The summed E-state index contributed by atoms with van der Waals surface area (Å²) in [5, 5.41) is 13.5. The van der Waals surface area contributed by atoms with Crippen molar-refractivity contribution in [3.05, 3.63) is 62.3 Å². The molecule has 2 aromatic rings. The standard InChI is InChI=1S/C23H33N5O4/c1-3-25-21(30)17-12-8-9-13-26(17)15-18(29)19-20(24)28(14-16-10-6-5-7-11-16)23(32)27(4-2)22(19)31/h5-7,10-11,17,21,25,30H,3-4,8-9,12-15,24H2,1-2H3. The number of carbonyl (C=O) groups is 1. The van der Waals surface area contributed by atoms with Crippen molar-refractivity contribution in [3.63, 3.8) is 0 Å². The van der Waals surface area contributed by atoms with Crippen molar-refractivity contribution in [3.8, 4) is 0 Å². The minimum atomic E-state index is -0.759. The molecule has 9 nitrogen and oxygen atoms in total. The van der Waals surface area contributed by atoms with Crippen LogP contribution in [0.2, 0.25) is 0 Å². The first kappa shape index (κ1) is 23.9. The van der Waals surface area contributed by atoms with Gasteiger partial charge < -0.3 is 10.8 Å². The average molecular weight is 444 g/mol. The van der Waals surface area contributed by atoms with Crippen LogP contribution in [0.25, 0.3) is 0 Å². The number of hydrogen-bond acceptors (Lipinski definition) is 7. The van der Waals surface area contributed by atoms with E-state index in [9.17, 15) is 19.5 Å². The number of ketones is 1. The molecule has 1 aliphatic rings. The Bertz CT molecular complexity index is 1050. The molecule has 1 aliphatic heterocycles. The Morgan fingerprint density at radius 2 is 1.91 bits per heavy atom. The number of nitrogens with one attached hydrogen (secondary N) is 1. The molecule has 1 fully saturated rings. The molecular weight excluding hydrogens is 410 g/mol. The van der Waals surface area contributed by atoms with Crippen molar-refractivity contribution in [2.45, 2.75) is 58.5 Å². The van der Waals surface area contributed by atoms with Crippen molar-refractivity contribution >= 4 is 11.6 Å². The number of nitrogens with zero attached hydrogens (tertiary/aromatic N) is 3. The Balaban J connectivity index is 1.97. The van der Waals surface area contributed by atoms with Crippen LogP contribution < -0.4 is 22.3 Å². The van der Waals surface area contributed by atoms with E-state index >= 15 is 0 Å². The van der Waals surface area contributed by atoms with Crippen LogP contribution in [0.15, 0.2) is 39.9 Å². The minimum absolute atomic E-state index is 0.0418. The molecule has 3 rings (SSSR count). The molecule has 0 amide bonds. The highest BCUT2D eigenvalue weighted by Gasteiger charge is 2.31. The number of rotatable bonds is 9. The second-order valence-corrected chi connectivity index (χ2v) is 8.12. The highest BCUT2D eigenvalue weighted by molar-refractivity contribution is 6.01. The molecule has 174 valence electrons. The van der Waals surface area contributed by atoms with Crippen molar-refractivity contribution in [1.29, 1.82) is 0 Å². The summed E-state index contributed by atoms with van der Waals surface area (Å²) >= 11 is 0. The highest BCUT2D eigenvalue weighted by atomic mass is 16.3. The molecule has 0 saturated carbocycles. The predicted octanol–water partition coefficient (Wildman–Crippen LogP) is 0.626. The molecule has 9 heteroatoms. The van der Waals surface area contributed by atoms with Crippen LogP contribution in [-0.2, 0) is 13.1 Å². The van der Waals surface area contributed by atoms with E-state index in [-0.39, 0.29) is 37.1 Å². The van der Waals surface area contributed by atoms with Gasteiger partial charge in [0.25, 0.3) is 5.56 Å². The Morgan fingerprint density at radius 3 is 2.56 bits per heavy atom. The van der Waals surface area contributed by atoms with E-state index in [0.29, 0.717) is 13.1 Å². The molecule has 2 unspecified atom stereocenters. The lowest BCUT2D eigenvalue weighted by atomic mass is 9.99. The summed E-state index contributed by atoms with van der Waals surface area (Å²) in [6, 6.07) is 9.06. The first-order valence-corrected chi connectivity index (χ1v) is 11.2. The molecule has 1 saturated heterocycles. The normalized spacial score (nSPS) is 17.9. The summed E-state index contributed by atoms with van der Waals surface area (Å²) in [5.41, 5.74) is 5.73. The summed E-state index contributed by atoms with van der Waals surface area (Å²) in [4.78, 5) is 41.1. The smallest absolute Gasteiger partial charge is 0.332 e. The summed E-state index contributed by atoms with van der Waals surface area (Å²) < 4.78 is 2.34. The second-order valence-electron chi connectivity index (χ2n) is 8.12. The molecule has 0 aliphatic carbocycles. The van der Waals surface area contributed by atoms with Gasteiger partial charge in [0.05, 0.1) is 13.1 Å². The Kier molecular flexibility index (Phi) is 8.00. The van der Waals surface area contributed by atoms with Crippen molar-refractivity contribution in [2.24, 2.45) is 0 Å². The van der Waals surface area contributed by atoms with Crippen LogP contribution in [0.1, 0.15) is 49.0 Å². The van der Waals surface area contributed by atoms with E-state index in [4.69, 9.17) is 5.73 Å². The average Bonchev–Trinajstić information content (AvgIpc) is 2.78. The van der Waals surface area contributed by atoms with Gasteiger partial charge in [-0.05, 0) is 38.4 Å². The number of hydrogen-bond donors (Lipinski definition) is 3. The molecule has 2 heterocycles. The van der Waals surface area contributed by atoms with E-state index in [1.807, 2.05) is 42.2 Å². The molecule has 1 aromatic carbocycles. The third kappa shape index (κ3) is 5.01. The third-order valence-electron chi connectivity index (χ3n) is 6.03. The molecule has 0 bridgehead atoms. The number of likely N-dealkylation sites (N-methyl/N-ethyl adjacent to an activating group) is 1. The van der Waals surface area contributed by atoms with Crippen LogP contribution in [0, 0.1) is 0 Å². The first-order valence-electron chi connectivity index (χ1n) is 11.2. The lowest BCUT2D eigenvalue weighted by Crippen LogP contribution is -2.54. The summed E-state index contributed by atoms with van der Waals surface area (Å²) in [7, 11) is 0. The first-order chi connectivity index (χ1) is 15.4. The van der Waals surface area contributed by atoms with Crippen molar-refractivity contribution in [1.82, 2.24) is 19.4 Å². The van der Waals surface area contributed by atoms with Gasteiger partial charge in [-0.1, -0.05) is 43.7 Å². The van der Waals surface area contributed by atoms with Gasteiger partial charge in [-0.2, -0.15) is 0 Å². The molecule has 1 aromatic heterocycles. The Hall–Kier alpha value is -2.75. The highest BCUT2D eigenvalue weighted by Crippen LogP contribution is 2.20. The van der Waals surface area contributed by atoms with Gasteiger partial charge in [-0.15, -0.1) is 0 Å². The van der Waals surface area contributed by atoms with E-state index in [1.54, 1.807) is 6.92 Å². The number of Topliss-reactive ketones (excluding diaryl/α,β-unsaturated/α-hetero) is 1. The van der Waals surface area contributed by atoms with E-state index in [2.05, 4.69) is 5.32 Å². The van der Waals surface area contributed by atoms with Crippen molar-refractivity contribution < 1.29 is 9.90 Å². The Morgan fingerprint density at radius 1 is 1.19 bits per heavy atom. The van der Waals surface area contributed by atoms with Crippen LogP contribution in [0.5, 0.6) is 0 Å². The van der Waals surface area contributed by atoms with Gasteiger partial charge in [-0.3, -0.25) is 28.9 Å². The van der Waals surface area contributed by atoms with Crippen LogP contribution in [-0.4, -0.2) is 56.8 Å². The molecule has 32 heavy (non-hydrogen) atoms. The van der Waals surface area contributed by atoms with Gasteiger partial charge in [0.2, 0.25) is 0 Å². The fourth-order valence-corrected chi connectivity index (χ4v) is 4.35. The predicted molar refractivity (Wildman–Crippen MR) is 124 cm³/mol. The van der Waals surface area contributed by atoms with Crippen LogP contribution >= 0.6 is 0 Å².